The van der Waals surface area contributed by atoms with Gasteiger partial charge in [-0.2, -0.15) is 15.0 Å². The summed E-state index contributed by atoms with van der Waals surface area (Å²) in [6, 6.07) is 28.0. The van der Waals surface area contributed by atoms with Crippen LogP contribution in [-0.2, 0) is 6.54 Å². The molecule has 7 nitrogen and oxygen atoms in total. The normalized spacial score (nSPS) is 14.8. The molecule has 0 bridgehead atoms. The number of nitrogens with zero attached hydrogens (tertiary/aromatic N) is 5. The third kappa shape index (κ3) is 5.70. The average molecular weight is 480 g/mol. The number of anilines is 3. The van der Waals surface area contributed by atoms with Crippen molar-refractivity contribution in [1.29, 1.82) is 0 Å². The Morgan fingerprint density at radius 2 is 1.42 bits per heavy atom. The highest BCUT2D eigenvalue weighted by molar-refractivity contribution is 5.56. The van der Waals surface area contributed by atoms with E-state index in [0.29, 0.717) is 18.3 Å². The molecule has 0 atom stereocenters. The van der Waals surface area contributed by atoms with Gasteiger partial charge in [0, 0.05) is 31.9 Å². The van der Waals surface area contributed by atoms with Crippen LogP contribution in [0.15, 0.2) is 78.9 Å². The first-order valence-electron chi connectivity index (χ1n) is 12.5. The second kappa shape index (κ2) is 10.8. The molecule has 0 spiro atoms. The van der Waals surface area contributed by atoms with Gasteiger partial charge in [0.05, 0.1) is 12.6 Å². The van der Waals surface area contributed by atoms with Crippen LogP contribution in [0.1, 0.15) is 34.1 Å². The van der Waals surface area contributed by atoms with Crippen LogP contribution in [0.4, 0.5) is 17.6 Å². The van der Waals surface area contributed by atoms with E-state index in [4.69, 9.17) is 5.73 Å². The monoisotopic (exact) mass is 479 g/mol. The van der Waals surface area contributed by atoms with E-state index in [1.807, 2.05) is 6.07 Å². The summed E-state index contributed by atoms with van der Waals surface area (Å²) in [6.07, 6.45) is 0. The average Bonchev–Trinajstić information content (AvgIpc) is 2.88. The van der Waals surface area contributed by atoms with Gasteiger partial charge in [0.25, 0.3) is 0 Å². The molecule has 36 heavy (non-hydrogen) atoms. The maximum Gasteiger partial charge on any atom is 0.232 e. The molecule has 0 unspecified atom stereocenters. The van der Waals surface area contributed by atoms with Crippen LogP contribution >= 0.6 is 0 Å². The van der Waals surface area contributed by atoms with Gasteiger partial charge < -0.3 is 11.1 Å². The van der Waals surface area contributed by atoms with E-state index in [-0.39, 0.29) is 12.0 Å². The Morgan fingerprint density at radius 3 is 2.03 bits per heavy atom. The Hall–Kier alpha value is -3.81. The van der Waals surface area contributed by atoms with Crippen molar-refractivity contribution in [3.05, 3.63) is 107 Å². The summed E-state index contributed by atoms with van der Waals surface area (Å²) in [5.74, 6) is 1.40. The minimum Gasteiger partial charge on any atom is -0.368 e. The molecule has 1 saturated heterocycles. The molecule has 7 heteroatoms. The van der Waals surface area contributed by atoms with E-state index in [0.717, 1.165) is 31.9 Å². The van der Waals surface area contributed by atoms with Crippen molar-refractivity contribution in [2.75, 3.05) is 37.2 Å². The molecule has 1 aliphatic heterocycles. The summed E-state index contributed by atoms with van der Waals surface area (Å²) in [5, 5.41) is 3.28. The highest BCUT2D eigenvalue weighted by Crippen LogP contribution is 2.29. The fourth-order valence-corrected chi connectivity index (χ4v) is 4.78. The minimum absolute atomic E-state index is 0.234. The van der Waals surface area contributed by atoms with Crippen molar-refractivity contribution in [2.24, 2.45) is 0 Å². The number of nitrogen functional groups attached to an aromatic ring is 1. The highest BCUT2D eigenvalue weighted by Gasteiger charge is 2.26. The molecule has 3 N–H and O–H groups in total. The summed E-state index contributed by atoms with van der Waals surface area (Å²) >= 11 is 0. The number of rotatable bonds is 7. The second-order valence-electron chi connectivity index (χ2n) is 9.39. The Morgan fingerprint density at radius 1 is 0.778 bits per heavy atom. The van der Waals surface area contributed by atoms with Gasteiger partial charge in [-0.05, 0) is 48.2 Å². The van der Waals surface area contributed by atoms with Crippen LogP contribution in [0.5, 0.6) is 0 Å². The number of benzene rings is 3. The molecule has 4 aromatic rings. The first kappa shape index (κ1) is 23.9. The number of aromatic nitrogens is 3. The highest BCUT2D eigenvalue weighted by atomic mass is 15.3. The summed E-state index contributed by atoms with van der Waals surface area (Å²) in [4.78, 5) is 18.3. The maximum absolute atomic E-state index is 6.03. The molecule has 1 aromatic heterocycles. The lowest BCUT2D eigenvalue weighted by molar-refractivity contribution is 0.103. The van der Waals surface area contributed by atoms with Crippen molar-refractivity contribution in [2.45, 2.75) is 26.4 Å². The lowest BCUT2D eigenvalue weighted by Gasteiger charge is -2.39. The second-order valence-corrected chi connectivity index (χ2v) is 9.39. The van der Waals surface area contributed by atoms with E-state index >= 15 is 0 Å². The quantitative estimate of drug-likeness (QED) is 0.397. The van der Waals surface area contributed by atoms with Crippen LogP contribution in [0.3, 0.4) is 0 Å². The third-order valence-corrected chi connectivity index (χ3v) is 6.83. The number of nitrogens with two attached hydrogens (primary N) is 1. The molecule has 0 aliphatic carbocycles. The summed E-state index contributed by atoms with van der Waals surface area (Å²) in [7, 11) is 0. The number of hydrogen-bond acceptors (Lipinski definition) is 7. The van der Waals surface area contributed by atoms with Gasteiger partial charge in [-0.3, -0.25) is 9.80 Å². The zero-order chi connectivity index (χ0) is 24.9. The Balaban J connectivity index is 1.26. The van der Waals surface area contributed by atoms with Crippen molar-refractivity contribution >= 4 is 17.6 Å². The van der Waals surface area contributed by atoms with Gasteiger partial charge in [0.2, 0.25) is 11.9 Å². The van der Waals surface area contributed by atoms with E-state index in [1.54, 1.807) is 0 Å². The van der Waals surface area contributed by atoms with Gasteiger partial charge in [-0.1, -0.05) is 66.7 Å². The van der Waals surface area contributed by atoms with E-state index < -0.39 is 0 Å². The molecular formula is C29H33N7. The van der Waals surface area contributed by atoms with Crippen LogP contribution < -0.4 is 11.1 Å². The predicted molar refractivity (Wildman–Crippen MR) is 145 cm³/mol. The Labute approximate surface area is 213 Å². The van der Waals surface area contributed by atoms with Crippen molar-refractivity contribution < 1.29 is 0 Å². The van der Waals surface area contributed by atoms with Gasteiger partial charge in [-0.15, -0.1) is 0 Å². The maximum atomic E-state index is 6.03. The van der Waals surface area contributed by atoms with Crippen LogP contribution in [0.2, 0.25) is 0 Å². The van der Waals surface area contributed by atoms with Crippen molar-refractivity contribution in [1.82, 2.24) is 24.8 Å². The zero-order valence-corrected chi connectivity index (χ0v) is 20.9. The van der Waals surface area contributed by atoms with Crippen LogP contribution in [0, 0.1) is 13.8 Å². The number of aryl methyl sites for hydroxylation is 2. The van der Waals surface area contributed by atoms with Gasteiger partial charge in [0.15, 0.2) is 0 Å². The Kier molecular flexibility index (Phi) is 7.21. The van der Waals surface area contributed by atoms with Gasteiger partial charge in [-0.25, -0.2) is 0 Å². The third-order valence-electron chi connectivity index (χ3n) is 6.83. The predicted octanol–water partition coefficient (Wildman–Crippen LogP) is 4.72. The minimum atomic E-state index is 0.234. The smallest absolute Gasteiger partial charge is 0.232 e. The molecule has 0 amide bonds. The number of piperazine rings is 1. The molecule has 3 aromatic carbocycles. The molecular weight excluding hydrogens is 446 g/mol. The molecule has 5 rings (SSSR count). The van der Waals surface area contributed by atoms with E-state index in [2.05, 4.69) is 117 Å². The van der Waals surface area contributed by atoms with Crippen LogP contribution in [-0.4, -0.2) is 50.9 Å². The largest absolute Gasteiger partial charge is 0.368 e. The standard InChI is InChI=1S/C29H33N7/c1-21-13-14-25(19-22(21)2)31-29-33-26(32-28(30)34-29)20-35-15-17-36(18-16-35)27(23-9-5-3-6-10-23)24-11-7-4-8-12-24/h3-14,19,27H,15-18,20H2,1-2H3,(H3,30,31,32,33,34). The molecule has 0 radical (unpaired) electrons. The van der Waals surface area contributed by atoms with E-state index in [9.17, 15) is 0 Å². The molecule has 1 fully saturated rings. The molecule has 1 aliphatic rings. The SMILES string of the molecule is Cc1ccc(Nc2nc(N)nc(CN3CCN(C(c4ccccc4)c4ccccc4)CC3)n2)cc1C. The lowest BCUT2D eigenvalue weighted by Crippen LogP contribution is -2.47. The summed E-state index contributed by atoms with van der Waals surface area (Å²) in [6.45, 7) is 8.62. The van der Waals surface area contributed by atoms with Crippen molar-refractivity contribution in [3.8, 4) is 0 Å². The number of nitrogens with one attached hydrogen (secondary N) is 1. The summed E-state index contributed by atoms with van der Waals surface area (Å²) < 4.78 is 0. The van der Waals surface area contributed by atoms with E-state index in [1.165, 1.54) is 22.3 Å². The zero-order valence-electron chi connectivity index (χ0n) is 20.9. The first-order chi connectivity index (χ1) is 17.5. The molecule has 2 heterocycles. The summed E-state index contributed by atoms with van der Waals surface area (Å²) in [5.41, 5.74) is 12.1. The fraction of sp³-hybridized carbons (Fsp3) is 0.276. The van der Waals surface area contributed by atoms with Gasteiger partial charge in [0.1, 0.15) is 5.82 Å². The lowest BCUT2D eigenvalue weighted by atomic mass is 9.96. The van der Waals surface area contributed by atoms with Gasteiger partial charge >= 0.3 is 0 Å². The van der Waals surface area contributed by atoms with Crippen molar-refractivity contribution in [3.63, 3.8) is 0 Å². The van der Waals surface area contributed by atoms with Crippen LogP contribution in [0.25, 0.3) is 0 Å². The number of hydrogen-bond donors (Lipinski definition) is 2. The fourth-order valence-electron chi connectivity index (χ4n) is 4.78. The first-order valence-corrected chi connectivity index (χ1v) is 12.5. The molecule has 0 saturated carbocycles. The molecule has 184 valence electrons. The Bertz CT molecular complexity index is 1250. The topological polar surface area (TPSA) is 83.2 Å².